The molecule has 8 heteroatoms. The Morgan fingerprint density at radius 1 is 1.25 bits per heavy atom. The molecule has 0 radical (unpaired) electrons. The lowest BCUT2D eigenvalue weighted by Crippen LogP contribution is -2.25. The monoisotopic (exact) mass is 361 g/mol. The molecule has 0 saturated heterocycles. The van der Waals surface area contributed by atoms with Crippen LogP contribution < -0.4 is 5.32 Å². The van der Waals surface area contributed by atoms with Crippen molar-refractivity contribution < 1.29 is 4.79 Å². The van der Waals surface area contributed by atoms with E-state index in [1.54, 1.807) is 6.33 Å². The molecule has 3 aromatic rings. The van der Waals surface area contributed by atoms with E-state index in [0.29, 0.717) is 29.4 Å². The highest BCUT2D eigenvalue weighted by atomic mass is 35.5. The molecular weight excluding hydrogens is 346 g/mol. The van der Waals surface area contributed by atoms with Gasteiger partial charge in [-0.1, -0.05) is 30.3 Å². The van der Waals surface area contributed by atoms with Crippen LogP contribution in [-0.4, -0.2) is 38.1 Å². The van der Waals surface area contributed by atoms with Crippen LogP contribution in [0.4, 0.5) is 0 Å². The van der Waals surface area contributed by atoms with Crippen LogP contribution in [0, 0.1) is 0 Å². The first-order valence-corrected chi connectivity index (χ1v) is 8.89. The highest BCUT2D eigenvalue weighted by Crippen LogP contribution is 2.24. The lowest BCUT2D eigenvalue weighted by molar-refractivity contribution is -0.120. The van der Waals surface area contributed by atoms with Crippen LogP contribution in [0.3, 0.4) is 0 Å². The topological polar surface area (TPSA) is 83.6 Å². The molecule has 1 aromatic carbocycles. The molecule has 0 aliphatic carbocycles. The number of hydrogen-bond acceptors (Lipinski definition) is 5. The highest BCUT2D eigenvalue weighted by Gasteiger charge is 2.10. The Hall–Kier alpha value is -2.12. The van der Waals surface area contributed by atoms with Gasteiger partial charge in [0.25, 0.3) is 0 Å². The maximum atomic E-state index is 11.9. The quantitative estimate of drug-likeness (QED) is 0.384. The molecule has 6 nitrogen and oxygen atoms in total. The number of carbonyl (C=O) groups is 1. The number of aromatic nitrogens is 4. The number of thioether (sulfide) groups is 1. The van der Waals surface area contributed by atoms with E-state index in [1.165, 1.54) is 17.3 Å². The minimum atomic E-state index is 0.0273. The number of amides is 1. The molecule has 3 rings (SSSR count). The van der Waals surface area contributed by atoms with Crippen molar-refractivity contribution in [2.45, 2.75) is 17.9 Å². The molecule has 0 bridgehead atoms. The fraction of sp³-hybridized carbons (Fsp3) is 0.250. The summed E-state index contributed by atoms with van der Waals surface area (Å²) in [7, 11) is 0. The van der Waals surface area contributed by atoms with Crippen LogP contribution in [-0.2, 0) is 11.2 Å². The molecule has 0 unspecified atom stereocenters. The maximum Gasteiger partial charge on any atom is 0.225 e. The van der Waals surface area contributed by atoms with E-state index in [-0.39, 0.29) is 11.2 Å². The lowest BCUT2D eigenvalue weighted by Gasteiger charge is -2.05. The summed E-state index contributed by atoms with van der Waals surface area (Å²) in [6, 6.07) is 10.1. The molecule has 0 aliphatic heterocycles. The van der Waals surface area contributed by atoms with Gasteiger partial charge in [0, 0.05) is 18.7 Å². The molecule has 1 amide bonds. The summed E-state index contributed by atoms with van der Waals surface area (Å²) in [5, 5.41) is 3.79. The van der Waals surface area contributed by atoms with Crippen molar-refractivity contribution in [2.75, 3.05) is 12.3 Å². The molecule has 0 fully saturated rings. The van der Waals surface area contributed by atoms with Gasteiger partial charge >= 0.3 is 0 Å². The first-order valence-electron chi connectivity index (χ1n) is 7.52. The van der Waals surface area contributed by atoms with Gasteiger partial charge in [-0.25, -0.2) is 9.97 Å². The molecule has 0 atom stereocenters. The van der Waals surface area contributed by atoms with Gasteiger partial charge in [0.1, 0.15) is 10.5 Å². The van der Waals surface area contributed by atoms with Gasteiger partial charge < -0.3 is 10.3 Å². The van der Waals surface area contributed by atoms with Gasteiger partial charge in [0.15, 0.2) is 5.65 Å². The number of hydrogen-bond donors (Lipinski definition) is 2. The average Bonchev–Trinajstić information content (AvgIpc) is 3.04. The number of nitrogens with one attached hydrogen (secondary N) is 2. The Morgan fingerprint density at radius 3 is 2.92 bits per heavy atom. The van der Waals surface area contributed by atoms with Gasteiger partial charge in [-0.15, -0.1) is 11.8 Å². The largest absolute Gasteiger partial charge is 0.356 e. The molecule has 0 saturated carbocycles. The second-order valence-corrected chi connectivity index (χ2v) is 6.50. The first-order chi connectivity index (χ1) is 11.7. The zero-order chi connectivity index (χ0) is 16.8. The van der Waals surface area contributed by atoms with Gasteiger partial charge in [0.05, 0.1) is 6.33 Å². The first kappa shape index (κ1) is 16.7. The third-order valence-corrected chi connectivity index (χ3v) is 4.52. The third kappa shape index (κ3) is 4.46. The maximum absolute atomic E-state index is 11.9. The van der Waals surface area contributed by atoms with Crippen molar-refractivity contribution in [3.05, 3.63) is 47.5 Å². The number of aromatic amines is 1. The van der Waals surface area contributed by atoms with Crippen molar-refractivity contribution in [3.63, 3.8) is 0 Å². The van der Waals surface area contributed by atoms with Crippen molar-refractivity contribution in [2.24, 2.45) is 0 Å². The Labute approximate surface area is 148 Å². The predicted molar refractivity (Wildman–Crippen MR) is 95.2 cm³/mol. The van der Waals surface area contributed by atoms with E-state index in [0.717, 1.165) is 11.9 Å². The Balaban J connectivity index is 1.44. The minimum Gasteiger partial charge on any atom is -0.356 e. The number of halogens is 1. The second-order valence-electron chi connectivity index (χ2n) is 5.08. The van der Waals surface area contributed by atoms with Gasteiger partial charge in [0.2, 0.25) is 11.2 Å². The van der Waals surface area contributed by atoms with Crippen molar-refractivity contribution in [3.8, 4) is 0 Å². The van der Waals surface area contributed by atoms with Crippen molar-refractivity contribution in [1.82, 2.24) is 25.3 Å². The molecule has 0 aliphatic rings. The Kier molecular flexibility index (Phi) is 5.66. The van der Waals surface area contributed by atoms with Crippen LogP contribution in [0.15, 0.2) is 41.7 Å². The molecule has 124 valence electrons. The molecule has 0 spiro atoms. The van der Waals surface area contributed by atoms with Crippen molar-refractivity contribution in [1.29, 1.82) is 0 Å². The smallest absolute Gasteiger partial charge is 0.225 e. The van der Waals surface area contributed by atoms with Crippen LogP contribution in [0.5, 0.6) is 0 Å². The summed E-state index contributed by atoms with van der Waals surface area (Å²) in [5.41, 5.74) is 2.49. The van der Waals surface area contributed by atoms with E-state index in [4.69, 9.17) is 11.6 Å². The lowest BCUT2D eigenvalue weighted by atomic mass is 10.1. The van der Waals surface area contributed by atoms with Crippen LogP contribution >= 0.6 is 23.4 Å². The predicted octanol–water partition coefficient (Wildman–Crippen LogP) is 2.85. The number of rotatable bonds is 7. The van der Waals surface area contributed by atoms with E-state index < -0.39 is 0 Å². The standard InChI is InChI=1S/C16H16ClN5OS/c17-16-21-14-13(19-10-20-14)15(22-16)24-9-7-12(23)18-8-6-11-4-2-1-3-5-11/h1-5,10H,6-9H2,(H,18,23)(H,19,20,21,22). The molecule has 2 heterocycles. The number of benzene rings is 1. The number of H-pyrrole nitrogens is 1. The van der Waals surface area contributed by atoms with Crippen LogP contribution in [0.25, 0.3) is 11.2 Å². The second kappa shape index (κ2) is 8.12. The van der Waals surface area contributed by atoms with Gasteiger partial charge in [-0.3, -0.25) is 4.79 Å². The van der Waals surface area contributed by atoms with Crippen LogP contribution in [0.1, 0.15) is 12.0 Å². The number of imidazole rings is 1. The SMILES string of the molecule is O=C(CCSc1nc(Cl)nc2nc[nH]c12)NCCc1ccccc1. The van der Waals surface area contributed by atoms with E-state index in [1.807, 2.05) is 18.2 Å². The summed E-state index contributed by atoms with van der Waals surface area (Å²) in [6.07, 6.45) is 2.79. The summed E-state index contributed by atoms with van der Waals surface area (Å²) in [4.78, 5) is 27.2. The van der Waals surface area contributed by atoms with E-state index >= 15 is 0 Å². The fourth-order valence-corrected chi connectivity index (χ4v) is 3.35. The third-order valence-electron chi connectivity index (χ3n) is 3.37. The van der Waals surface area contributed by atoms with E-state index in [9.17, 15) is 4.79 Å². The van der Waals surface area contributed by atoms with Crippen LogP contribution in [0.2, 0.25) is 5.28 Å². The minimum absolute atomic E-state index is 0.0273. The summed E-state index contributed by atoms with van der Waals surface area (Å²) < 4.78 is 0. The Morgan fingerprint density at radius 2 is 2.08 bits per heavy atom. The number of nitrogens with zero attached hydrogens (tertiary/aromatic N) is 3. The molecule has 2 N–H and O–H groups in total. The number of fused-ring (bicyclic) bond motifs is 1. The highest BCUT2D eigenvalue weighted by molar-refractivity contribution is 7.99. The summed E-state index contributed by atoms with van der Waals surface area (Å²) in [5.74, 6) is 0.637. The van der Waals surface area contributed by atoms with Crippen molar-refractivity contribution >= 4 is 40.4 Å². The zero-order valence-corrected chi connectivity index (χ0v) is 14.4. The fourth-order valence-electron chi connectivity index (χ4n) is 2.21. The average molecular weight is 362 g/mol. The molecular formula is C16H16ClN5OS. The summed E-state index contributed by atoms with van der Waals surface area (Å²) in [6.45, 7) is 0.637. The zero-order valence-electron chi connectivity index (χ0n) is 12.8. The normalized spacial score (nSPS) is 10.9. The summed E-state index contributed by atoms with van der Waals surface area (Å²) >= 11 is 7.34. The molecule has 2 aromatic heterocycles. The van der Waals surface area contributed by atoms with Gasteiger partial charge in [-0.05, 0) is 23.6 Å². The number of carbonyl (C=O) groups excluding carboxylic acids is 1. The Bertz CT molecular complexity index is 824. The van der Waals surface area contributed by atoms with E-state index in [2.05, 4.69) is 37.4 Å². The molecule has 24 heavy (non-hydrogen) atoms. The van der Waals surface area contributed by atoms with Gasteiger partial charge in [-0.2, -0.15) is 4.98 Å².